The van der Waals surface area contributed by atoms with Crippen LogP contribution in [-0.4, -0.2) is 36.3 Å². The van der Waals surface area contributed by atoms with Crippen molar-refractivity contribution in [3.63, 3.8) is 0 Å². The maximum absolute atomic E-state index is 12.4. The number of hydroxylamine groups is 1. The van der Waals surface area contributed by atoms with E-state index in [1.807, 2.05) is 12.1 Å². The maximum atomic E-state index is 12.4. The normalized spacial score (nSPS) is 11.1. The van der Waals surface area contributed by atoms with E-state index in [4.69, 9.17) is 5.21 Å². The summed E-state index contributed by atoms with van der Waals surface area (Å²) in [5.41, 5.74) is 7.19. The van der Waals surface area contributed by atoms with Gasteiger partial charge in [0.15, 0.2) is 0 Å². The highest BCUT2D eigenvalue weighted by molar-refractivity contribution is 5.96. The maximum Gasteiger partial charge on any atom is 0.271 e. The van der Waals surface area contributed by atoms with Crippen molar-refractivity contribution in [3.8, 4) is 0 Å². The number of carbonyl (C=O) groups is 2. The van der Waals surface area contributed by atoms with E-state index in [1.54, 1.807) is 30.5 Å². The van der Waals surface area contributed by atoms with E-state index >= 15 is 0 Å². The van der Waals surface area contributed by atoms with Crippen LogP contribution in [0.1, 0.15) is 61.0 Å². The van der Waals surface area contributed by atoms with Gasteiger partial charge in [-0.2, -0.15) is 5.10 Å². The van der Waals surface area contributed by atoms with Crippen molar-refractivity contribution in [2.45, 2.75) is 39.5 Å². The molecule has 3 N–H and O–H groups in total. The first-order valence-electron chi connectivity index (χ1n) is 11.0. The van der Waals surface area contributed by atoms with E-state index < -0.39 is 5.91 Å². The zero-order valence-electron chi connectivity index (χ0n) is 18.8. The Hall–Kier alpha value is -3.45. The Labute approximate surface area is 189 Å². The standard InChI is InChI=1S/C25H32N4O3/c1-3-5-16-29(17-6-4-2)23-13-10-21(11-14-23)19-26-27-25(31)22-9-7-8-20(18-22)12-15-24(30)28-32/h7-15,18-19,32H,3-6,16-17H2,1-2H3,(H,27,31)(H,28,30). The number of rotatable bonds is 12. The number of hydrazone groups is 1. The summed E-state index contributed by atoms with van der Waals surface area (Å²) in [6.45, 7) is 6.51. The molecule has 0 fully saturated rings. The van der Waals surface area contributed by atoms with Crippen LogP contribution < -0.4 is 15.8 Å². The molecule has 2 aromatic rings. The molecule has 0 bridgehead atoms. The fourth-order valence-corrected chi connectivity index (χ4v) is 3.06. The Morgan fingerprint density at radius 3 is 2.31 bits per heavy atom. The number of nitrogens with zero attached hydrogens (tertiary/aromatic N) is 2. The van der Waals surface area contributed by atoms with Crippen LogP contribution in [0.2, 0.25) is 0 Å². The van der Waals surface area contributed by atoms with Gasteiger partial charge in [-0.15, -0.1) is 0 Å². The monoisotopic (exact) mass is 436 g/mol. The van der Waals surface area contributed by atoms with Crippen LogP contribution >= 0.6 is 0 Å². The highest BCUT2D eigenvalue weighted by atomic mass is 16.5. The first kappa shape index (κ1) is 24.8. The summed E-state index contributed by atoms with van der Waals surface area (Å²) < 4.78 is 0. The second-order valence-corrected chi connectivity index (χ2v) is 7.42. The van der Waals surface area contributed by atoms with Crippen LogP contribution in [0.5, 0.6) is 0 Å². The summed E-state index contributed by atoms with van der Waals surface area (Å²) in [6.07, 6.45) is 8.96. The van der Waals surface area contributed by atoms with E-state index in [-0.39, 0.29) is 5.91 Å². The smallest absolute Gasteiger partial charge is 0.271 e. The molecule has 2 aromatic carbocycles. The molecular formula is C25H32N4O3. The molecule has 0 unspecified atom stereocenters. The zero-order valence-corrected chi connectivity index (χ0v) is 18.8. The third-order valence-electron chi connectivity index (χ3n) is 4.89. The molecular weight excluding hydrogens is 404 g/mol. The first-order valence-corrected chi connectivity index (χ1v) is 11.0. The second-order valence-electron chi connectivity index (χ2n) is 7.42. The minimum atomic E-state index is -0.644. The average Bonchev–Trinajstić information content (AvgIpc) is 2.83. The molecule has 0 saturated heterocycles. The Morgan fingerprint density at radius 1 is 1.00 bits per heavy atom. The quantitative estimate of drug-likeness (QED) is 0.199. The molecule has 0 saturated carbocycles. The predicted molar refractivity (Wildman–Crippen MR) is 129 cm³/mol. The van der Waals surface area contributed by atoms with Gasteiger partial charge in [0.2, 0.25) is 0 Å². The minimum absolute atomic E-state index is 0.356. The molecule has 2 amide bonds. The van der Waals surface area contributed by atoms with Crippen LogP contribution in [0, 0.1) is 0 Å². The summed E-state index contributed by atoms with van der Waals surface area (Å²) in [6, 6.07) is 14.9. The Morgan fingerprint density at radius 2 is 1.69 bits per heavy atom. The molecule has 7 heteroatoms. The average molecular weight is 437 g/mol. The topological polar surface area (TPSA) is 94.0 Å². The number of anilines is 1. The highest BCUT2D eigenvalue weighted by Gasteiger charge is 2.06. The molecule has 0 aromatic heterocycles. The molecule has 0 aliphatic rings. The van der Waals surface area contributed by atoms with E-state index in [0.717, 1.165) is 18.7 Å². The second kappa shape index (κ2) is 13.8. The molecule has 2 rings (SSSR count). The Bertz CT molecular complexity index is 915. The van der Waals surface area contributed by atoms with Gasteiger partial charge in [-0.25, -0.2) is 10.9 Å². The Kier molecular flexibility index (Phi) is 10.7. The molecule has 0 aliphatic carbocycles. The van der Waals surface area contributed by atoms with Crippen molar-refractivity contribution in [1.82, 2.24) is 10.9 Å². The van der Waals surface area contributed by atoms with Crippen molar-refractivity contribution in [3.05, 3.63) is 71.3 Å². The zero-order chi connectivity index (χ0) is 23.2. The summed E-state index contributed by atoms with van der Waals surface area (Å²) >= 11 is 0. The molecule has 32 heavy (non-hydrogen) atoms. The third-order valence-corrected chi connectivity index (χ3v) is 4.89. The lowest BCUT2D eigenvalue weighted by molar-refractivity contribution is -0.124. The van der Waals surface area contributed by atoms with E-state index in [1.165, 1.54) is 49.0 Å². The van der Waals surface area contributed by atoms with Gasteiger partial charge in [-0.3, -0.25) is 14.8 Å². The lowest BCUT2D eigenvalue weighted by atomic mass is 10.1. The number of amides is 2. The van der Waals surface area contributed by atoms with Crippen LogP contribution in [-0.2, 0) is 4.79 Å². The van der Waals surface area contributed by atoms with Gasteiger partial charge in [-0.1, -0.05) is 51.0 Å². The van der Waals surface area contributed by atoms with Crippen LogP contribution in [0.3, 0.4) is 0 Å². The predicted octanol–water partition coefficient (Wildman–Crippen LogP) is 4.38. The van der Waals surface area contributed by atoms with E-state index in [0.29, 0.717) is 11.1 Å². The molecule has 0 atom stereocenters. The number of unbranched alkanes of at least 4 members (excludes halogenated alkanes) is 2. The van der Waals surface area contributed by atoms with Crippen LogP contribution in [0.25, 0.3) is 6.08 Å². The lowest BCUT2D eigenvalue weighted by Crippen LogP contribution is -2.25. The number of hydrogen-bond acceptors (Lipinski definition) is 5. The SMILES string of the molecule is CCCCN(CCCC)c1ccc(C=NNC(=O)c2cccc(C=CC(=O)NO)c2)cc1. The van der Waals surface area contributed by atoms with E-state index in [9.17, 15) is 9.59 Å². The van der Waals surface area contributed by atoms with Gasteiger partial charge in [0.1, 0.15) is 0 Å². The lowest BCUT2D eigenvalue weighted by Gasteiger charge is -2.24. The van der Waals surface area contributed by atoms with Gasteiger partial charge in [-0.05, 0) is 54.3 Å². The largest absolute Gasteiger partial charge is 0.372 e. The third kappa shape index (κ3) is 8.35. The van der Waals surface area contributed by atoms with Crippen LogP contribution in [0.4, 0.5) is 5.69 Å². The van der Waals surface area contributed by atoms with Gasteiger partial charge in [0.25, 0.3) is 11.8 Å². The van der Waals surface area contributed by atoms with Crippen molar-refractivity contribution in [2.75, 3.05) is 18.0 Å². The molecule has 0 heterocycles. The summed E-state index contributed by atoms with van der Waals surface area (Å²) in [7, 11) is 0. The van der Waals surface area contributed by atoms with Gasteiger partial charge in [0, 0.05) is 30.4 Å². The summed E-state index contributed by atoms with van der Waals surface area (Å²) in [5, 5.41) is 12.6. The Balaban J connectivity index is 1.96. The molecule has 0 radical (unpaired) electrons. The fourth-order valence-electron chi connectivity index (χ4n) is 3.06. The molecule has 7 nitrogen and oxygen atoms in total. The summed E-state index contributed by atoms with van der Waals surface area (Å²) in [4.78, 5) is 25.9. The van der Waals surface area contributed by atoms with E-state index in [2.05, 4.69) is 41.4 Å². The number of nitrogens with one attached hydrogen (secondary N) is 2. The fraction of sp³-hybridized carbons (Fsp3) is 0.320. The number of carbonyl (C=O) groups excluding carboxylic acids is 2. The summed E-state index contributed by atoms with van der Waals surface area (Å²) in [5.74, 6) is -1.00. The molecule has 0 aliphatic heterocycles. The molecule has 170 valence electrons. The van der Waals surface area contributed by atoms with Crippen molar-refractivity contribution in [2.24, 2.45) is 5.10 Å². The number of hydrogen-bond donors (Lipinski definition) is 3. The van der Waals surface area contributed by atoms with Crippen molar-refractivity contribution < 1.29 is 14.8 Å². The highest BCUT2D eigenvalue weighted by Crippen LogP contribution is 2.16. The van der Waals surface area contributed by atoms with Gasteiger partial charge >= 0.3 is 0 Å². The molecule has 0 spiro atoms. The van der Waals surface area contributed by atoms with Gasteiger partial charge in [0.05, 0.1) is 6.21 Å². The first-order chi connectivity index (χ1) is 15.6. The number of benzene rings is 2. The minimum Gasteiger partial charge on any atom is -0.372 e. The van der Waals surface area contributed by atoms with Gasteiger partial charge < -0.3 is 4.90 Å². The van der Waals surface area contributed by atoms with Crippen molar-refractivity contribution >= 4 is 29.8 Å². The van der Waals surface area contributed by atoms with Crippen LogP contribution in [0.15, 0.2) is 59.7 Å². The van der Waals surface area contributed by atoms with Crippen molar-refractivity contribution in [1.29, 1.82) is 0 Å².